The molecule has 0 unspecified atom stereocenters. The topological polar surface area (TPSA) is 84.8 Å². The number of fused-ring (bicyclic) bond motifs is 3. The first-order valence-electron chi connectivity index (χ1n) is 9.00. The number of imidazole rings is 1. The number of thiazole rings is 1. The van der Waals surface area contributed by atoms with Crippen molar-refractivity contribution in [1.82, 2.24) is 9.38 Å². The third-order valence-electron chi connectivity index (χ3n) is 4.24. The summed E-state index contributed by atoms with van der Waals surface area (Å²) in [4.78, 5) is 26.8. The number of carboxylic acid groups (broad SMARTS) is 1. The predicted octanol–water partition coefficient (Wildman–Crippen LogP) is 4.09. The van der Waals surface area contributed by atoms with Crippen molar-refractivity contribution in [2.24, 2.45) is 0 Å². The molecule has 0 aliphatic rings. The number of carboxylic acids is 1. The van der Waals surface area contributed by atoms with Crippen LogP contribution in [0.4, 0.5) is 8.78 Å². The number of aromatic nitrogens is 2. The third-order valence-corrected chi connectivity index (χ3v) is 5.21. The highest BCUT2D eigenvalue weighted by atomic mass is 32.1. The molecule has 0 radical (unpaired) electrons. The van der Waals surface area contributed by atoms with Gasteiger partial charge in [0, 0.05) is 19.1 Å². The Kier molecular flexibility index (Phi) is 5.35. The highest BCUT2D eigenvalue weighted by Crippen LogP contribution is 2.26. The molecule has 3 heterocycles. The number of nitrogens with zero attached hydrogens (tertiary/aromatic N) is 2. The minimum Gasteiger partial charge on any atom is -0.481 e. The zero-order valence-electron chi connectivity index (χ0n) is 16.0. The highest BCUT2D eigenvalue weighted by molar-refractivity contribution is 7.15. The van der Waals surface area contributed by atoms with E-state index in [0.717, 1.165) is 24.0 Å². The summed E-state index contributed by atoms with van der Waals surface area (Å²) in [5, 5.41) is 7.42. The molecule has 0 bridgehead atoms. The first kappa shape index (κ1) is 20.4. The largest absolute Gasteiger partial charge is 0.481 e. The molecule has 0 spiro atoms. The van der Waals surface area contributed by atoms with E-state index < -0.39 is 17.6 Å². The molecular formula is C22H14F2N2O4S. The van der Waals surface area contributed by atoms with Gasteiger partial charge in [-0.2, -0.15) is 0 Å². The number of aliphatic carboxylic acids is 1. The van der Waals surface area contributed by atoms with Crippen molar-refractivity contribution in [3.05, 3.63) is 86.9 Å². The molecule has 0 saturated heterocycles. The molecule has 0 atom stereocenters. The van der Waals surface area contributed by atoms with Crippen molar-refractivity contribution in [3.63, 3.8) is 0 Å². The van der Waals surface area contributed by atoms with Gasteiger partial charge in [-0.3, -0.25) is 9.59 Å². The van der Waals surface area contributed by atoms with Gasteiger partial charge in [0.05, 0.1) is 16.6 Å². The van der Waals surface area contributed by atoms with E-state index in [1.165, 1.54) is 23.5 Å². The Balaban J connectivity index is 0.000000535. The van der Waals surface area contributed by atoms with Gasteiger partial charge in [0.25, 0.3) is 11.5 Å². The minimum absolute atomic E-state index is 0.158. The summed E-state index contributed by atoms with van der Waals surface area (Å²) in [6.07, 6.45) is 1.60. The number of furan rings is 1. The van der Waals surface area contributed by atoms with Crippen molar-refractivity contribution in [1.29, 1.82) is 0 Å². The molecule has 9 heteroatoms. The molecule has 2 aromatic carbocycles. The van der Waals surface area contributed by atoms with Gasteiger partial charge in [0.15, 0.2) is 4.96 Å². The molecule has 5 rings (SSSR count). The molecule has 0 aliphatic carbocycles. The van der Waals surface area contributed by atoms with Crippen molar-refractivity contribution >= 4 is 39.4 Å². The first-order chi connectivity index (χ1) is 14.8. The van der Waals surface area contributed by atoms with Gasteiger partial charge in [0.1, 0.15) is 27.7 Å². The number of hydrogen-bond acceptors (Lipinski definition) is 5. The van der Waals surface area contributed by atoms with E-state index in [9.17, 15) is 13.6 Å². The Morgan fingerprint density at radius 3 is 2.65 bits per heavy atom. The zero-order chi connectivity index (χ0) is 22.1. The van der Waals surface area contributed by atoms with Crippen LogP contribution >= 0.6 is 11.3 Å². The van der Waals surface area contributed by atoms with Gasteiger partial charge in [0.2, 0.25) is 0 Å². The normalized spacial score (nSPS) is 11.6. The molecule has 0 amide bonds. The van der Waals surface area contributed by atoms with Crippen LogP contribution in [-0.4, -0.2) is 20.5 Å². The maximum Gasteiger partial charge on any atom is 0.300 e. The maximum atomic E-state index is 13.9. The number of para-hydroxylation sites is 2. The summed E-state index contributed by atoms with van der Waals surface area (Å²) < 4.78 is 34.6. The molecule has 5 aromatic rings. The van der Waals surface area contributed by atoms with Crippen LogP contribution in [0.25, 0.3) is 33.4 Å². The second-order valence-electron chi connectivity index (χ2n) is 6.48. The zero-order valence-corrected chi connectivity index (χ0v) is 16.8. The second-order valence-corrected chi connectivity index (χ2v) is 7.49. The SMILES string of the molecule is CC(=O)O.O=c1c(=Cc2ccc(-c3ccc(F)cc3F)o2)sc2nc3ccccc3n12. The fraction of sp³-hybridized carbons (Fsp3) is 0.0455. The van der Waals surface area contributed by atoms with Gasteiger partial charge in [-0.15, -0.1) is 0 Å². The molecule has 156 valence electrons. The van der Waals surface area contributed by atoms with Gasteiger partial charge >= 0.3 is 0 Å². The summed E-state index contributed by atoms with van der Waals surface area (Å²) in [6, 6.07) is 13.9. The summed E-state index contributed by atoms with van der Waals surface area (Å²) in [5.41, 5.74) is 1.49. The van der Waals surface area contributed by atoms with Gasteiger partial charge < -0.3 is 9.52 Å². The maximum absolute atomic E-state index is 13.9. The summed E-state index contributed by atoms with van der Waals surface area (Å²) in [5.74, 6) is -1.53. The van der Waals surface area contributed by atoms with Crippen LogP contribution in [0, 0.1) is 11.6 Å². The summed E-state index contributed by atoms with van der Waals surface area (Å²) >= 11 is 1.25. The van der Waals surface area contributed by atoms with E-state index in [0.29, 0.717) is 15.3 Å². The van der Waals surface area contributed by atoms with Crippen LogP contribution in [0.2, 0.25) is 0 Å². The Morgan fingerprint density at radius 2 is 1.90 bits per heavy atom. The number of benzene rings is 2. The minimum atomic E-state index is -0.833. The van der Waals surface area contributed by atoms with E-state index in [1.807, 2.05) is 24.3 Å². The van der Waals surface area contributed by atoms with E-state index in [1.54, 1.807) is 22.6 Å². The van der Waals surface area contributed by atoms with Gasteiger partial charge in [-0.25, -0.2) is 18.2 Å². The van der Waals surface area contributed by atoms with E-state index in [-0.39, 0.29) is 16.9 Å². The summed E-state index contributed by atoms with van der Waals surface area (Å²) in [6.45, 7) is 1.08. The number of rotatable bonds is 2. The van der Waals surface area contributed by atoms with Crippen molar-refractivity contribution in [2.45, 2.75) is 6.92 Å². The average molecular weight is 440 g/mol. The molecule has 0 fully saturated rings. The lowest BCUT2D eigenvalue weighted by atomic mass is 10.1. The third kappa shape index (κ3) is 4.08. The number of hydrogen-bond donors (Lipinski definition) is 1. The van der Waals surface area contributed by atoms with E-state index in [4.69, 9.17) is 14.3 Å². The predicted molar refractivity (Wildman–Crippen MR) is 113 cm³/mol. The summed E-state index contributed by atoms with van der Waals surface area (Å²) in [7, 11) is 0. The average Bonchev–Trinajstić information content (AvgIpc) is 3.37. The van der Waals surface area contributed by atoms with Crippen LogP contribution in [0.3, 0.4) is 0 Å². The lowest BCUT2D eigenvalue weighted by Crippen LogP contribution is -2.22. The Morgan fingerprint density at radius 1 is 1.16 bits per heavy atom. The quantitative estimate of drug-likeness (QED) is 0.447. The van der Waals surface area contributed by atoms with E-state index >= 15 is 0 Å². The van der Waals surface area contributed by atoms with Crippen LogP contribution in [0.1, 0.15) is 12.7 Å². The Bertz CT molecular complexity index is 1530. The number of halogens is 2. The van der Waals surface area contributed by atoms with Gasteiger partial charge in [-0.05, 0) is 36.4 Å². The van der Waals surface area contributed by atoms with Crippen LogP contribution < -0.4 is 10.1 Å². The molecule has 31 heavy (non-hydrogen) atoms. The van der Waals surface area contributed by atoms with Crippen molar-refractivity contribution < 1.29 is 23.1 Å². The smallest absolute Gasteiger partial charge is 0.300 e. The fourth-order valence-electron chi connectivity index (χ4n) is 3.01. The van der Waals surface area contributed by atoms with Gasteiger partial charge in [-0.1, -0.05) is 23.5 Å². The molecular weight excluding hydrogens is 426 g/mol. The molecule has 0 aliphatic heterocycles. The van der Waals surface area contributed by atoms with Crippen LogP contribution in [0.5, 0.6) is 0 Å². The second kappa shape index (κ2) is 8.11. The molecule has 6 nitrogen and oxygen atoms in total. The van der Waals surface area contributed by atoms with Crippen LogP contribution in [0.15, 0.2) is 63.8 Å². The highest BCUT2D eigenvalue weighted by Gasteiger charge is 2.13. The standard InChI is InChI=1S/C20H10F2N2O2S.C2H4O2/c21-11-5-7-13(14(22)9-11)17-8-6-12(26-17)10-18-19(25)24-16-4-2-1-3-15(16)23-20(24)27-18;1-2(3)4/h1-10H;1H3,(H,3,4). The lowest BCUT2D eigenvalue weighted by molar-refractivity contribution is -0.134. The van der Waals surface area contributed by atoms with Crippen molar-refractivity contribution in [3.8, 4) is 11.3 Å². The molecule has 0 saturated carbocycles. The van der Waals surface area contributed by atoms with Crippen molar-refractivity contribution in [2.75, 3.05) is 0 Å². The first-order valence-corrected chi connectivity index (χ1v) is 9.81. The Labute approximate surface area is 177 Å². The van der Waals surface area contributed by atoms with Crippen LogP contribution in [-0.2, 0) is 4.79 Å². The fourth-order valence-corrected chi connectivity index (χ4v) is 3.97. The molecule has 1 N–H and O–H groups in total. The Hall–Kier alpha value is -3.85. The monoisotopic (exact) mass is 440 g/mol. The van der Waals surface area contributed by atoms with E-state index in [2.05, 4.69) is 4.98 Å². The molecule has 3 aromatic heterocycles. The lowest BCUT2D eigenvalue weighted by Gasteiger charge is -1.98. The number of carbonyl (C=O) groups is 1.